The van der Waals surface area contributed by atoms with E-state index in [9.17, 15) is 8.42 Å². The SMILES string of the molecule is CN(c1ccc(NS(=O)(=O)c2ccc(C(C)(C)C)cc2)cn1)C1CCCCC1. The van der Waals surface area contributed by atoms with Gasteiger partial charge in [-0.2, -0.15) is 0 Å². The molecular weight excluding hydrogens is 370 g/mol. The number of hydrogen-bond donors (Lipinski definition) is 1. The monoisotopic (exact) mass is 401 g/mol. The summed E-state index contributed by atoms with van der Waals surface area (Å²) in [5, 5.41) is 0. The Labute approximate surface area is 169 Å². The molecule has 0 unspecified atom stereocenters. The Morgan fingerprint density at radius 1 is 1.00 bits per heavy atom. The van der Waals surface area contributed by atoms with E-state index in [4.69, 9.17) is 0 Å². The first-order valence-electron chi connectivity index (χ1n) is 9.99. The van der Waals surface area contributed by atoms with Gasteiger partial charge in [0.15, 0.2) is 0 Å². The second kappa shape index (κ2) is 8.11. The van der Waals surface area contributed by atoms with Crippen LogP contribution in [0, 0.1) is 0 Å². The van der Waals surface area contributed by atoms with E-state index in [0.29, 0.717) is 11.7 Å². The minimum absolute atomic E-state index is 0.0141. The van der Waals surface area contributed by atoms with Crippen LogP contribution in [0.5, 0.6) is 0 Å². The molecule has 0 spiro atoms. The summed E-state index contributed by atoms with van der Waals surface area (Å²) < 4.78 is 28.0. The van der Waals surface area contributed by atoms with Crippen LogP contribution in [0.15, 0.2) is 47.5 Å². The predicted octanol–water partition coefficient (Wildman–Crippen LogP) is 4.95. The Kier molecular flexibility index (Phi) is 5.98. The normalized spacial score (nSPS) is 16.0. The van der Waals surface area contributed by atoms with Crippen LogP contribution in [0.4, 0.5) is 11.5 Å². The summed E-state index contributed by atoms with van der Waals surface area (Å²) in [6, 6.07) is 11.2. The highest BCUT2D eigenvalue weighted by molar-refractivity contribution is 7.92. The summed E-state index contributed by atoms with van der Waals surface area (Å²) >= 11 is 0. The van der Waals surface area contributed by atoms with Crippen molar-refractivity contribution < 1.29 is 8.42 Å². The maximum atomic E-state index is 12.7. The number of hydrogen-bond acceptors (Lipinski definition) is 4. The zero-order valence-corrected chi connectivity index (χ0v) is 18.1. The molecule has 1 saturated carbocycles. The number of rotatable bonds is 5. The van der Waals surface area contributed by atoms with Crippen LogP contribution >= 0.6 is 0 Å². The third-order valence-electron chi connectivity index (χ3n) is 5.51. The fraction of sp³-hybridized carbons (Fsp3) is 0.500. The number of nitrogens with one attached hydrogen (secondary N) is 1. The Bertz CT molecular complexity index is 879. The highest BCUT2D eigenvalue weighted by Crippen LogP contribution is 2.27. The molecular formula is C22H31N3O2S. The molecule has 28 heavy (non-hydrogen) atoms. The minimum atomic E-state index is -3.63. The molecule has 1 heterocycles. The Morgan fingerprint density at radius 2 is 1.64 bits per heavy atom. The van der Waals surface area contributed by atoms with Crippen molar-refractivity contribution in [2.45, 2.75) is 69.2 Å². The molecule has 2 aromatic rings. The average molecular weight is 402 g/mol. The van der Waals surface area contributed by atoms with Crippen LogP contribution in [0.25, 0.3) is 0 Å². The van der Waals surface area contributed by atoms with Gasteiger partial charge in [0.2, 0.25) is 0 Å². The van der Waals surface area contributed by atoms with Gasteiger partial charge in [0.1, 0.15) is 5.82 Å². The molecule has 1 fully saturated rings. The summed E-state index contributed by atoms with van der Waals surface area (Å²) in [4.78, 5) is 6.94. The van der Waals surface area contributed by atoms with Crippen LogP contribution < -0.4 is 9.62 Å². The van der Waals surface area contributed by atoms with Gasteiger partial charge in [-0.05, 0) is 48.1 Å². The highest BCUT2D eigenvalue weighted by atomic mass is 32.2. The lowest BCUT2D eigenvalue weighted by atomic mass is 9.87. The predicted molar refractivity (Wildman–Crippen MR) is 115 cm³/mol. The van der Waals surface area contributed by atoms with E-state index in [-0.39, 0.29) is 10.3 Å². The first kappa shape index (κ1) is 20.6. The van der Waals surface area contributed by atoms with Crippen molar-refractivity contribution >= 4 is 21.5 Å². The third kappa shape index (κ3) is 4.85. The summed E-state index contributed by atoms with van der Waals surface area (Å²) in [5.74, 6) is 0.879. The molecule has 3 rings (SSSR count). The van der Waals surface area contributed by atoms with Gasteiger partial charge in [-0.3, -0.25) is 4.72 Å². The van der Waals surface area contributed by atoms with E-state index < -0.39 is 10.0 Å². The van der Waals surface area contributed by atoms with Crippen LogP contribution in [0.3, 0.4) is 0 Å². The standard InChI is InChI=1S/C22H31N3O2S/c1-22(2,3)17-10-13-20(14-11-17)28(26,27)24-18-12-15-21(23-16-18)25(4)19-8-6-5-7-9-19/h10-16,19,24H,5-9H2,1-4H3. The molecule has 0 amide bonds. The number of sulfonamides is 1. The number of pyridine rings is 1. The zero-order valence-electron chi connectivity index (χ0n) is 17.3. The first-order valence-corrected chi connectivity index (χ1v) is 11.5. The van der Waals surface area contributed by atoms with Gasteiger partial charge in [-0.1, -0.05) is 52.2 Å². The number of anilines is 2. The molecule has 5 nitrogen and oxygen atoms in total. The van der Waals surface area contributed by atoms with Gasteiger partial charge >= 0.3 is 0 Å². The zero-order chi connectivity index (χ0) is 20.4. The van der Waals surface area contributed by atoms with Crippen LogP contribution in [0.2, 0.25) is 0 Å². The third-order valence-corrected chi connectivity index (χ3v) is 6.91. The van der Waals surface area contributed by atoms with Gasteiger partial charge in [0.25, 0.3) is 10.0 Å². The topological polar surface area (TPSA) is 62.3 Å². The summed E-state index contributed by atoms with van der Waals surface area (Å²) in [7, 11) is -1.56. The Balaban J connectivity index is 1.70. The lowest BCUT2D eigenvalue weighted by Crippen LogP contribution is -2.33. The molecule has 0 saturated heterocycles. The second-order valence-corrected chi connectivity index (χ2v) is 10.4. The molecule has 6 heteroatoms. The van der Waals surface area contributed by atoms with E-state index in [0.717, 1.165) is 11.4 Å². The Morgan fingerprint density at radius 3 is 2.18 bits per heavy atom. The molecule has 1 aromatic heterocycles. The van der Waals surface area contributed by atoms with Crippen LogP contribution in [-0.2, 0) is 15.4 Å². The summed E-state index contributed by atoms with van der Waals surface area (Å²) in [5.41, 5.74) is 1.56. The fourth-order valence-electron chi connectivity index (χ4n) is 3.66. The largest absolute Gasteiger partial charge is 0.357 e. The van der Waals surface area contributed by atoms with Crippen molar-refractivity contribution in [2.24, 2.45) is 0 Å². The van der Waals surface area contributed by atoms with Crippen molar-refractivity contribution in [2.75, 3.05) is 16.7 Å². The smallest absolute Gasteiger partial charge is 0.261 e. The molecule has 1 aromatic carbocycles. The highest BCUT2D eigenvalue weighted by Gasteiger charge is 2.20. The lowest BCUT2D eigenvalue weighted by molar-refractivity contribution is 0.426. The lowest BCUT2D eigenvalue weighted by Gasteiger charge is -2.32. The first-order chi connectivity index (χ1) is 13.2. The Hall–Kier alpha value is -2.08. The van der Waals surface area contributed by atoms with Crippen LogP contribution in [0.1, 0.15) is 58.4 Å². The van der Waals surface area contributed by atoms with Crippen molar-refractivity contribution in [3.63, 3.8) is 0 Å². The van der Waals surface area contributed by atoms with Crippen LogP contribution in [-0.4, -0.2) is 26.5 Å². The summed E-state index contributed by atoms with van der Waals surface area (Å²) in [6.45, 7) is 6.31. The van der Waals surface area contributed by atoms with E-state index in [1.807, 2.05) is 18.2 Å². The maximum absolute atomic E-state index is 12.7. The van der Waals surface area contributed by atoms with E-state index >= 15 is 0 Å². The molecule has 0 aliphatic heterocycles. The van der Waals surface area contributed by atoms with Gasteiger partial charge in [0.05, 0.1) is 16.8 Å². The average Bonchev–Trinajstić information content (AvgIpc) is 2.68. The number of aromatic nitrogens is 1. The quantitative estimate of drug-likeness (QED) is 0.770. The molecule has 0 radical (unpaired) electrons. The number of nitrogens with zero attached hydrogens (tertiary/aromatic N) is 2. The van der Waals surface area contributed by atoms with Gasteiger partial charge in [0, 0.05) is 13.1 Å². The molecule has 152 valence electrons. The summed E-state index contributed by atoms with van der Waals surface area (Å²) in [6.07, 6.45) is 7.82. The van der Waals surface area contributed by atoms with Crippen molar-refractivity contribution in [3.05, 3.63) is 48.2 Å². The molecule has 0 bridgehead atoms. The molecule has 1 N–H and O–H groups in total. The molecule has 0 atom stereocenters. The molecule has 1 aliphatic rings. The van der Waals surface area contributed by atoms with Gasteiger partial charge in [-0.25, -0.2) is 13.4 Å². The molecule has 1 aliphatic carbocycles. The minimum Gasteiger partial charge on any atom is -0.357 e. The fourth-order valence-corrected chi connectivity index (χ4v) is 4.70. The van der Waals surface area contributed by atoms with Gasteiger partial charge < -0.3 is 4.90 Å². The maximum Gasteiger partial charge on any atom is 0.261 e. The van der Waals surface area contributed by atoms with Gasteiger partial charge in [-0.15, -0.1) is 0 Å². The van der Waals surface area contributed by atoms with Crippen molar-refractivity contribution in [1.82, 2.24) is 4.98 Å². The van der Waals surface area contributed by atoms with E-state index in [2.05, 4.69) is 42.4 Å². The van der Waals surface area contributed by atoms with Crippen molar-refractivity contribution in [1.29, 1.82) is 0 Å². The van der Waals surface area contributed by atoms with E-state index in [1.165, 1.54) is 32.1 Å². The van der Waals surface area contributed by atoms with E-state index in [1.54, 1.807) is 24.4 Å². The number of benzene rings is 1. The van der Waals surface area contributed by atoms with Crippen molar-refractivity contribution in [3.8, 4) is 0 Å². The second-order valence-electron chi connectivity index (χ2n) is 8.69.